The number of rotatable bonds is 9. The fourth-order valence-electron chi connectivity index (χ4n) is 5.41. The summed E-state index contributed by atoms with van der Waals surface area (Å²) in [6.45, 7) is -1.52. The lowest BCUT2D eigenvalue weighted by molar-refractivity contribution is -0.156. The highest BCUT2D eigenvalue weighted by Gasteiger charge is 2.43. The highest BCUT2D eigenvalue weighted by molar-refractivity contribution is 5.85. The summed E-state index contributed by atoms with van der Waals surface area (Å²) in [5.41, 5.74) is 1.97. The first-order valence-electron chi connectivity index (χ1n) is 12.4. The van der Waals surface area contributed by atoms with Gasteiger partial charge >= 0.3 is 12.8 Å². The lowest BCUT2D eigenvalue weighted by Crippen LogP contribution is -2.53. The van der Waals surface area contributed by atoms with Crippen molar-refractivity contribution in [2.75, 3.05) is 32.9 Å². The van der Waals surface area contributed by atoms with Crippen molar-refractivity contribution in [3.63, 3.8) is 0 Å². The molecule has 0 saturated carbocycles. The van der Waals surface area contributed by atoms with Crippen LogP contribution in [0.15, 0.2) is 36.5 Å². The second-order valence-corrected chi connectivity index (χ2v) is 9.78. The monoisotopic (exact) mass is 542 g/mol. The van der Waals surface area contributed by atoms with Gasteiger partial charge in [0.25, 0.3) is 0 Å². The highest BCUT2D eigenvalue weighted by atomic mass is 19.4. The molecule has 2 aliphatic heterocycles. The number of ether oxygens (including phenoxy) is 2. The van der Waals surface area contributed by atoms with Crippen LogP contribution in [0.2, 0.25) is 0 Å². The first-order valence-corrected chi connectivity index (χ1v) is 12.4. The van der Waals surface area contributed by atoms with Crippen molar-refractivity contribution in [3.8, 4) is 11.5 Å². The maximum absolute atomic E-state index is 13.7. The number of fused-ring (bicyclic) bond motifs is 3. The van der Waals surface area contributed by atoms with E-state index in [1.165, 1.54) is 17.2 Å². The van der Waals surface area contributed by atoms with Gasteiger partial charge in [-0.1, -0.05) is 18.2 Å². The van der Waals surface area contributed by atoms with Crippen LogP contribution in [0.25, 0.3) is 10.9 Å². The molecular weight excluding hydrogens is 514 g/mol. The van der Waals surface area contributed by atoms with Crippen molar-refractivity contribution in [3.05, 3.63) is 53.5 Å². The number of para-hydroxylation sites is 1. The van der Waals surface area contributed by atoms with Crippen molar-refractivity contribution in [1.29, 1.82) is 0 Å². The van der Waals surface area contributed by atoms with E-state index in [2.05, 4.69) is 9.97 Å². The summed E-state index contributed by atoms with van der Waals surface area (Å²) in [5, 5.41) is 0.865. The van der Waals surface area contributed by atoms with Gasteiger partial charge in [-0.05, 0) is 31.4 Å². The van der Waals surface area contributed by atoms with Crippen LogP contribution in [0.3, 0.4) is 0 Å². The maximum Gasteiger partial charge on any atom is 0.401 e. The number of likely N-dealkylation sites (tertiary alicyclic amines) is 1. The molecule has 1 N–H and O–H groups in total. The van der Waals surface area contributed by atoms with E-state index in [0.717, 1.165) is 16.5 Å². The van der Waals surface area contributed by atoms with Gasteiger partial charge < -0.3 is 14.5 Å². The van der Waals surface area contributed by atoms with Gasteiger partial charge in [-0.3, -0.25) is 19.2 Å². The van der Waals surface area contributed by atoms with E-state index < -0.39 is 38.1 Å². The summed E-state index contributed by atoms with van der Waals surface area (Å²) in [4.78, 5) is 10.8. The van der Waals surface area contributed by atoms with Gasteiger partial charge in [0.1, 0.15) is 17.5 Å². The highest BCUT2D eigenvalue weighted by Crippen LogP contribution is 2.44. The molecule has 4 heterocycles. The van der Waals surface area contributed by atoms with Crippen molar-refractivity contribution >= 4 is 10.9 Å². The minimum Gasteiger partial charge on any atom is -0.486 e. The molecule has 3 aromatic rings. The number of hydrogen-bond donors (Lipinski definition) is 1. The normalized spacial score (nSPS) is 21.1. The number of nitrogens with zero attached hydrogens (tertiary/aromatic N) is 3. The Hall–Kier alpha value is -2.99. The Morgan fingerprint density at radius 1 is 1.18 bits per heavy atom. The smallest absolute Gasteiger partial charge is 0.401 e. The van der Waals surface area contributed by atoms with Crippen molar-refractivity contribution in [1.82, 2.24) is 19.8 Å². The fraction of sp³-hybridized carbons (Fsp3) is 0.500. The number of H-pyrrole nitrogens is 1. The Labute approximate surface area is 215 Å². The average Bonchev–Trinajstić information content (AvgIpc) is 3.18. The first kappa shape index (κ1) is 26.6. The van der Waals surface area contributed by atoms with E-state index in [9.17, 15) is 26.3 Å². The number of hydrogen-bond acceptors (Lipinski definition) is 5. The Morgan fingerprint density at radius 3 is 2.66 bits per heavy atom. The third-order valence-electron chi connectivity index (χ3n) is 7.05. The van der Waals surface area contributed by atoms with Crippen molar-refractivity contribution in [2.24, 2.45) is 0 Å². The van der Waals surface area contributed by atoms with E-state index >= 15 is 0 Å². The fourth-order valence-corrected chi connectivity index (χ4v) is 5.41. The summed E-state index contributed by atoms with van der Waals surface area (Å²) in [6, 6.07) is 6.94. The van der Waals surface area contributed by atoms with Crippen molar-refractivity contribution < 1.29 is 35.8 Å². The van der Waals surface area contributed by atoms with Crippen LogP contribution >= 0.6 is 0 Å². The molecule has 0 amide bonds. The quantitative estimate of drug-likeness (QED) is 0.363. The number of nitrogens with one attached hydrogen (secondary N) is 1. The number of alkyl halides is 6. The Balaban J connectivity index is 1.52. The second-order valence-electron chi connectivity index (χ2n) is 9.78. The Kier molecular flexibility index (Phi) is 7.45. The molecule has 12 heteroatoms. The molecule has 2 atom stereocenters. The minimum atomic E-state index is -4.53. The summed E-state index contributed by atoms with van der Waals surface area (Å²) < 4.78 is 91.1. The molecule has 0 spiro atoms. The molecule has 5 rings (SSSR count). The van der Waals surface area contributed by atoms with E-state index in [-0.39, 0.29) is 23.3 Å². The van der Waals surface area contributed by atoms with Gasteiger partial charge in [0, 0.05) is 48.3 Å². The molecular formula is C26H28F6N4O2. The summed E-state index contributed by atoms with van der Waals surface area (Å²) >= 11 is 0. The standard InChI is InChI=1S/C26H28F6N4O2/c1-15-9-19-18-5-2-3-6-20(18)34-22(19)24(36(15)14-26(30,31)32)23-21(38-25(28)29)10-16(11-33-23)37-17-12-35(13-17)8-4-7-27/h2-3,5-6,10-11,15,17,24-25,34H,4,7-9,12-14H2,1H3. The largest absolute Gasteiger partial charge is 0.486 e. The van der Waals surface area contributed by atoms with Gasteiger partial charge in [-0.15, -0.1) is 0 Å². The number of pyridine rings is 1. The zero-order valence-corrected chi connectivity index (χ0v) is 20.6. The van der Waals surface area contributed by atoms with Gasteiger partial charge in [0.05, 0.1) is 25.5 Å². The van der Waals surface area contributed by atoms with Crippen LogP contribution in [0.4, 0.5) is 26.3 Å². The second kappa shape index (κ2) is 10.6. The number of aromatic nitrogens is 2. The van der Waals surface area contributed by atoms with Crippen LogP contribution < -0.4 is 9.47 Å². The zero-order valence-electron chi connectivity index (χ0n) is 20.6. The summed E-state index contributed by atoms with van der Waals surface area (Å²) in [5.74, 6) is -0.176. The molecule has 1 aromatic carbocycles. The number of benzene rings is 1. The molecule has 1 fully saturated rings. The van der Waals surface area contributed by atoms with Crippen LogP contribution in [0.5, 0.6) is 11.5 Å². The first-order chi connectivity index (χ1) is 18.1. The van der Waals surface area contributed by atoms with Crippen LogP contribution in [-0.4, -0.2) is 77.6 Å². The van der Waals surface area contributed by atoms with Crippen molar-refractivity contribution in [2.45, 2.75) is 50.7 Å². The lowest BCUT2D eigenvalue weighted by Gasteiger charge is -2.41. The number of halogens is 6. The predicted octanol–water partition coefficient (Wildman–Crippen LogP) is 5.49. The molecule has 38 heavy (non-hydrogen) atoms. The molecule has 1 saturated heterocycles. The van der Waals surface area contributed by atoms with E-state index in [1.807, 2.05) is 29.2 Å². The molecule has 0 aliphatic carbocycles. The van der Waals surface area contributed by atoms with Gasteiger partial charge in [-0.25, -0.2) is 0 Å². The van der Waals surface area contributed by atoms with Gasteiger partial charge in [-0.2, -0.15) is 22.0 Å². The maximum atomic E-state index is 13.7. The predicted molar refractivity (Wildman–Crippen MR) is 128 cm³/mol. The van der Waals surface area contributed by atoms with Crippen LogP contribution in [-0.2, 0) is 6.42 Å². The van der Waals surface area contributed by atoms with E-state index in [4.69, 9.17) is 9.47 Å². The SMILES string of the molecule is CC1Cc2c([nH]c3ccccc23)C(c2ncc(OC3CN(CCCF)C3)cc2OC(F)F)N1CC(F)(F)F. The van der Waals surface area contributed by atoms with E-state index in [1.54, 1.807) is 6.92 Å². The molecule has 206 valence electrons. The number of aromatic amines is 1. The zero-order chi connectivity index (χ0) is 27.0. The Morgan fingerprint density at radius 2 is 1.95 bits per heavy atom. The Bertz CT molecular complexity index is 1260. The molecule has 2 aliphatic rings. The van der Waals surface area contributed by atoms with Crippen LogP contribution in [0.1, 0.15) is 36.3 Å². The van der Waals surface area contributed by atoms with Gasteiger partial charge in [0.15, 0.2) is 5.75 Å². The molecule has 0 radical (unpaired) electrons. The molecule has 2 unspecified atom stereocenters. The molecule has 6 nitrogen and oxygen atoms in total. The summed E-state index contributed by atoms with van der Waals surface area (Å²) in [7, 11) is 0. The molecule has 0 bridgehead atoms. The van der Waals surface area contributed by atoms with Gasteiger partial charge in [0.2, 0.25) is 0 Å². The minimum absolute atomic E-state index is 0.0561. The lowest BCUT2D eigenvalue weighted by atomic mass is 9.90. The third-order valence-corrected chi connectivity index (χ3v) is 7.05. The van der Waals surface area contributed by atoms with Crippen LogP contribution in [0, 0.1) is 0 Å². The molecule has 2 aromatic heterocycles. The third kappa shape index (κ3) is 5.56. The van der Waals surface area contributed by atoms with E-state index in [0.29, 0.717) is 38.2 Å². The topological polar surface area (TPSA) is 53.6 Å². The summed E-state index contributed by atoms with van der Waals surface area (Å²) in [6.07, 6.45) is -2.68. The average molecular weight is 543 g/mol.